The fourth-order valence-corrected chi connectivity index (χ4v) is 3.27. The minimum Gasteiger partial charge on any atom is -0.425 e. The van der Waals surface area contributed by atoms with E-state index in [1.54, 1.807) is 30.0 Å². The highest BCUT2D eigenvalue weighted by atomic mass is 19.1. The molecule has 0 N–H and O–H groups in total. The number of piperidine rings is 1. The van der Waals surface area contributed by atoms with Gasteiger partial charge in [0.05, 0.1) is 12.3 Å². The predicted octanol–water partition coefficient (Wildman–Crippen LogP) is 3.12. The molecule has 1 aromatic carbocycles. The first-order valence-corrected chi connectivity index (χ1v) is 8.88. The first kappa shape index (κ1) is 17.4. The maximum absolute atomic E-state index is 13.0. The topological polar surface area (TPSA) is 85.3 Å². The smallest absolute Gasteiger partial charge is 0.276 e. The molecule has 8 heteroatoms. The Bertz CT molecular complexity index is 935. The van der Waals surface area contributed by atoms with Gasteiger partial charge in [0.15, 0.2) is 5.69 Å². The van der Waals surface area contributed by atoms with Crippen molar-refractivity contribution in [2.75, 3.05) is 13.1 Å². The maximum Gasteiger partial charge on any atom is 0.276 e. The van der Waals surface area contributed by atoms with Crippen molar-refractivity contribution >= 4 is 5.91 Å². The Kier molecular flexibility index (Phi) is 4.70. The third-order valence-electron chi connectivity index (χ3n) is 4.66. The minimum absolute atomic E-state index is 0.00911. The zero-order chi connectivity index (χ0) is 18.8. The summed E-state index contributed by atoms with van der Waals surface area (Å²) in [7, 11) is 0. The molecule has 140 valence electrons. The Morgan fingerprint density at radius 1 is 1.30 bits per heavy atom. The van der Waals surface area contributed by atoms with Crippen molar-refractivity contribution < 1.29 is 18.1 Å². The van der Waals surface area contributed by atoms with Gasteiger partial charge in [0.25, 0.3) is 5.91 Å². The number of benzene rings is 1. The predicted molar refractivity (Wildman–Crippen MR) is 92.6 cm³/mol. The van der Waals surface area contributed by atoms with Crippen LogP contribution in [0.2, 0.25) is 0 Å². The van der Waals surface area contributed by atoms with Crippen molar-refractivity contribution in [1.82, 2.24) is 20.3 Å². The van der Waals surface area contributed by atoms with Gasteiger partial charge in [-0.05, 0) is 37.5 Å². The van der Waals surface area contributed by atoms with Gasteiger partial charge in [-0.3, -0.25) is 4.79 Å². The lowest BCUT2D eigenvalue weighted by atomic mass is 9.98. The molecule has 0 saturated carbocycles. The van der Waals surface area contributed by atoms with Crippen LogP contribution in [-0.2, 0) is 6.42 Å². The number of amides is 1. The van der Waals surface area contributed by atoms with E-state index in [0.29, 0.717) is 42.7 Å². The number of aromatic nitrogens is 3. The van der Waals surface area contributed by atoms with Gasteiger partial charge in [-0.2, -0.15) is 0 Å². The highest BCUT2D eigenvalue weighted by Crippen LogP contribution is 2.27. The molecule has 0 bridgehead atoms. The molecule has 1 aliphatic rings. The largest absolute Gasteiger partial charge is 0.425 e. The summed E-state index contributed by atoms with van der Waals surface area (Å²) in [5.41, 5.74) is 1.21. The van der Waals surface area contributed by atoms with Crippen LogP contribution in [0.25, 0.3) is 0 Å². The first-order valence-electron chi connectivity index (χ1n) is 8.88. The molecule has 1 fully saturated rings. The number of hydrogen-bond donors (Lipinski definition) is 0. The molecule has 27 heavy (non-hydrogen) atoms. The number of nitrogens with zero attached hydrogens (tertiary/aromatic N) is 4. The standard InChI is InChI=1S/C19H19FN4O3/c1-12-9-16(23-27-12)19(25)24-8-2-3-14(11-24)18-22-21-17(26-18)10-13-4-6-15(20)7-5-13/h4-7,9,14H,2-3,8,10-11H2,1H3/t14-/m1/s1. The van der Waals surface area contributed by atoms with Crippen molar-refractivity contribution in [2.24, 2.45) is 0 Å². The molecule has 0 spiro atoms. The summed E-state index contributed by atoms with van der Waals surface area (Å²) in [5, 5.41) is 12.1. The van der Waals surface area contributed by atoms with E-state index in [1.165, 1.54) is 12.1 Å². The molecule has 1 atom stereocenters. The lowest BCUT2D eigenvalue weighted by Crippen LogP contribution is -2.39. The van der Waals surface area contributed by atoms with Gasteiger partial charge in [0.2, 0.25) is 11.8 Å². The molecule has 1 amide bonds. The minimum atomic E-state index is -0.278. The van der Waals surface area contributed by atoms with Gasteiger partial charge >= 0.3 is 0 Å². The van der Waals surface area contributed by atoms with Gasteiger partial charge in [0.1, 0.15) is 11.6 Å². The summed E-state index contributed by atoms with van der Waals surface area (Å²) in [6, 6.07) is 7.84. The molecule has 0 unspecified atom stereocenters. The molecule has 1 saturated heterocycles. The number of carbonyl (C=O) groups excluding carboxylic acids is 1. The Labute approximate surface area is 155 Å². The van der Waals surface area contributed by atoms with Crippen LogP contribution in [0.15, 0.2) is 39.3 Å². The van der Waals surface area contributed by atoms with Gasteiger partial charge in [-0.1, -0.05) is 17.3 Å². The molecule has 3 heterocycles. The number of rotatable bonds is 4. The fraction of sp³-hybridized carbons (Fsp3) is 0.368. The van der Waals surface area contributed by atoms with E-state index >= 15 is 0 Å². The van der Waals surface area contributed by atoms with E-state index in [4.69, 9.17) is 8.94 Å². The van der Waals surface area contributed by atoms with Gasteiger partial charge in [-0.25, -0.2) is 4.39 Å². The van der Waals surface area contributed by atoms with Crippen LogP contribution >= 0.6 is 0 Å². The number of carbonyl (C=O) groups is 1. The van der Waals surface area contributed by atoms with Gasteiger partial charge < -0.3 is 13.8 Å². The molecule has 4 rings (SSSR count). The monoisotopic (exact) mass is 370 g/mol. The summed E-state index contributed by atoms with van der Waals surface area (Å²) < 4.78 is 23.8. The van der Waals surface area contributed by atoms with Crippen molar-refractivity contribution in [3.63, 3.8) is 0 Å². The highest BCUT2D eigenvalue weighted by Gasteiger charge is 2.30. The first-order chi connectivity index (χ1) is 13.1. The average Bonchev–Trinajstić information content (AvgIpc) is 3.32. The third kappa shape index (κ3) is 3.89. The molecule has 7 nitrogen and oxygen atoms in total. The zero-order valence-electron chi connectivity index (χ0n) is 14.9. The maximum atomic E-state index is 13.0. The summed E-state index contributed by atoms with van der Waals surface area (Å²) in [6.45, 7) is 2.92. The summed E-state index contributed by atoms with van der Waals surface area (Å²) in [6.07, 6.45) is 2.17. The second kappa shape index (κ2) is 7.30. The average molecular weight is 370 g/mol. The SMILES string of the molecule is Cc1cc(C(=O)N2CCC[C@@H](c3nnc(Cc4ccc(F)cc4)o3)C2)no1. The van der Waals surface area contributed by atoms with Gasteiger partial charge in [0, 0.05) is 19.2 Å². The molecule has 0 aliphatic carbocycles. The molecule has 2 aromatic heterocycles. The summed E-state index contributed by atoms with van der Waals surface area (Å²) >= 11 is 0. The van der Waals surface area contributed by atoms with E-state index in [2.05, 4.69) is 15.4 Å². The Balaban J connectivity index is 1.43. The molecular weight excluding hydrogens is 351 g/mol. The highest BCUT2D eigenvalue weighted by molar-refractivity contribution is 5.92. The van der Waals surface area contributed by atoms with Crippen molar-refractivity contribution in [3.05, 3.63) is 64.9 Å². The molecule has 1 aliphatic heterocycles. The number of likely N-dealkylation sites (tertiary alicyclic amines) is 1. The van der Waals surface area contributed by atoms with Crippen LogP contribution < -0.4 is 0 Å². The van der Waals surface area contributed by atoms with Crippen LogP contribution in [0, 0.1) is 12.7 Å². The number of aryl methyl sites for hydroxylation is 1. The quantitative estimate of drug-likeness (QED) is 0.701. The lowest BCUT2D eigenvalue weighted by Gasteiger charge is -2.30. The Morgan fingerprint density at radius 2 is 2.11 bits per heavy atom. The van der Waals surface area contributed by atoms with Crippen molar-refractivity contribution in [3.8, 4) is 0 Å². The van der Waals surface area contributed by atoms with Crippen LogP contribution in [0.4, 0.5) is 4.39 Å². The summed E-state index contributed by atoms with van der Waals surface area (Å²) in [5.74, 6) is 1.18. The lowest BCUT2D eigenvalue weighted by molar-refractivity contribution is 0.0687. The van der Waals surface area contributed by atoms with Gasteiger partial charge in [-0.15, -0.1) is 10.2 Å². The van der Waals surface area contributed by atoms with Crippen molar-refractivity contribution in [1.29, 1.82) is 0 Å². The van der Waals surface area contributed by atoms with E-state index in [9.17, 15) is 9.18 Å². The number of halogens is 1. The van der Waals surface area contributed by atoms with E-state index in [0.717, 1.165) is 18.4 Å². The second-order valence-electron chi connectivity index (χ2n) is 6.75. The molecule has 3 aromatic rings. The second-order valence-corrected chi connectivity index (χ2v) is 6.75. The third-order valence-corrected chi connectivity index (χ3v) is 4.66. The van der Waals surface area contributed by atoms with E-state index in [-0.39, 0.29) is 17.6 Å². The summed E-state index contributed by atoms with van der Waals surface area (Å²) in [4.78, 5) is 14.3. The Hall–Kier alpha value is -3.03. The van der Waals surface area contributed by atoms with Crippen molar-refractivity contribution in [2.45, 2.75) is 32.1 Å². The van der Waals surface area contributed by atoms with Crippen LogP contribution in [-0.4, -0.2) is 39.3 Å². The molecule has 0 radical (unpaired) electrons. The van der Waals surface area contributed by atoms with E-state index in [1.807, 2.05) is 0 Å². The fourth-order valence-electron chi connectivity index (χ4n) is 3.27. The van der Waals surface area contributed by atoms with Crippen LogP contribution in [0.3, 0.4) is 0 Å². The van der Waals surface area contributed by atoms with Crippen LogP contribution in [0.1, 0.15) is 52.4 Å². The van der Waals surface area contributed by atoms with E-state index < -0.39 is 0 Å². The number of hydrogen-bond acceptors (Lipinski definition) is 6. The Morgan fingerprint density at radius 3 is 2.85 bits per heavy atom. The zero-order valence-corrected chi connectivity index (χ0v) is 14.9. The van der Waals surface area contributed by atoms with Crippen LogP contribution in [0.5, 0.6) is 0 Å². The normalized spacial score (nSPS) is 17.3. The molecular formula is C19H19FN4O3.